The Morgan fingerprint density at radius 2 is 2.05 bits per heavy atom. The van der Waals surface area contributed by atoms with Gasteiger partial charge in [-0.25, -0.2) is 4.79 Å². The van der Waals surface area contributed by atoms with Crippen molar-refractivity contribution in [3.63, 3.8) is 0 Å². The molecule has 2 aliphatic rings. The molecule has 1 amide bonds. The highest BCUT2D eigenvalue weighted by Gasteiger charge is 2.40. The predicted molar refractivity (Wildman–Crippen MR) is 82.5 cm³/mol. The maximum absolute atomic E-state index is 11.0. The van der Waals surface area contributed by atoms with Crippen LogP contribution < -0.4 is 5.32 Å². The molecule has 1 aliphatic carbocycles. The lowest BCUT2D eigenvalue weighted by Crippen LogP contribution is -2.41. The minimum Gasteiger partial charge on any atom is -0.480 e. The van der Waals surface area contributed by atoms with Crippen molar-refractivity contribution >= 4 is 23.6 Å². The number of carbonyl (C=O) groups is 2. The first-order valence-corrected chi connectivity index (χ1v) is 8.92. The Labute approximate surface area is 130 Å². The Balaban J connectivity index is 1.71. The first-order valence-electron chi connectivity index (χ1n) is 7.76. The third-order valence-corrected chi connectivity index (χ3v) is 5.54. The van der Waals surface area contributed by atoms with Crippen LogP contribution in [-0.2, 0) is 14.3 Å². The number of ether oxygens (including phenoxy) is 1. The summed E-state index contributed by atoms with van der Waals surface area (Å²) in [5.41, 5.74) is 0.118. The van der Waals surface area contributed by atoms with E-state index in [1.165, 1.54) is 39.0 Å². The summed E-state index contributed by atoms with van der Waals surface area (Å²) in [7, 11) is 0. The van der Waals surface area contributed by atoms with Crippen LogP contribution in [0.5, 0.6) is 0 Å². The van der Waals surface area contributed by atoms with E-state index in [1.54, 1.807) is 11.8 Å². The van der Waals surface area contributed by atoms with Gasteiger partial charge in [-0.3, -0.25) is 4.79 Å². The van der Waals surface area contributed by atoms with E-state index in [2.05, 4.69) is 5.32 Å². The summed E-state index contributed by atoms with van der Waals surface area (Å²) >= 11 is 1.56. The number of hydrogen-bond donors (Lipinski definition) is 2. The third kappa shape index (κ3) is 4.88. The molecule has 0 aromatic rings. The highest BCUT2D eigenvalue weighted by Crippen LogP contribution is 2.42. The van der Waals surface area contributed by atoms with Gasteiger partial charge in [0.05, 0.1) is 11.7 Å². The molecular weight excluding hydrogens is 290 g/mol. The molecule has 1 saturated heterocycles. The molecule has 0 radical (unpaired) electrons. The predicted octanol–water partition coefficient (Wildman–Crippen LogP) is 2.19. The van der Waals surface area contributed by atoms with Gasteiger partial charge in [-0.05, 0) is 25.7 Å². The fraction of sp³-hybridized carbons (Fsp3) is 0.867. The Morgan fingerprint density at radius 3 is 2.67 bits per heavy atom. The zero-order chi connectivity index (χ0) is 15.3. The molecule has 120 valence electrons. The summed E-state index contributed by atoms with van der Waals surface area (Å²) in [5.74, 6) is -0.0811. The number of carboxylic acid groups (broad SMARTS) is 1. The summed E-state index contributed by atoms with van der Waals surface area (Å²) in [6.07, 6.45) is 8.67. The number of rotatable bonds is 6. The van der Waals surface area contributed by atoms with Crippen LogP contribution in [0.15, 0.2) is 0 Å². The lowest BCUT2D eigenvalue weighted by molar-refractivity contribution is -0.140. The van der Waals surface area contributed by atoms with Crippen molar-refractivity contribution in [1.29, 1.82) is 0 Å². The molecule has 0 aromatic carbocycles. The van der Waals surface area contributed by atoms with Gasteiger partial charge in [-0.15, -0.1) is 0 Å². The topological polar surface area (TPSA) is 75.6 Å². The van der Waals surface area contributed by atoms with E-state index >= 15 is 0 Å². The molecule has 1 heterocycles. The van der Waals surface area contributed by atoms with Crippen molar-refractivity contribution in [2.24, 2.45) is 0 Å². The van der Waals surface area contributed by atoms with Gasteiger partial charge in [0.25, 0.3) is 0 Å². The summed E-state index contributed by atoms with van der Waals surface area (Å²) in [6.45, 7) is 1.34. The number of nitrogens with one attached hydrogen (secondary N) is 1. The number of hydrogen-bond acceptors (Lipinski definition) is 4. The largest absolute Gasteiger partial charge is 0.480 e. The van der Waals surface area contributed by atoms with Crippen LogP contribution in [0.4, 0.5) is 0 Å². The van der Waals surface area contributed by atoms with E-state index in [1.807, 2.05) is 0 Å². The highest BCUT2D eigenvalue weighted by molar-refractivity contribution is 7.99. The number of aliphatic carboxylic acids is 1. The van der Waals surface area contributed by atoms with Crippen LogP contribution in [0, 0.1) is 0 Å². The molecule has 21 heavy (non-hydrogen) atoms. The summed E-state index contributed by atoms with van der Waals surface area (Å²) in [5, 5.41) is 11.5. The van der Waals surface area contributed by atoms with Crippen LogP contribution in [0.3, 0.4) is 0 Å². The van der Waals surface area contributed by atoms with Gasteiger partial charge in [0.1, 0.15) is 6.04 Å². The zero-order valence-electron chi connectivity index (χ0n) is 12.6. The van der Waals surface area contributed by atoms with E-state index in [4.69, 9.17) is 9.84 Å². The summed E-state index contributed by atoms with van der Waals surface area (Å²) in [6, 6.07) is -0.808. The zero-order valence-corrected chi connectivity index (χ0v) is 13.4. The van der Waals surface area contributed by atoms with Crippen molar-refractivity contribution in [3.8, 4) is 0 Å². The van der Waals surface area contributed by atoms with E-state index in [-0.39, 0.29) is 17.6 Å². The molecule has 6 heteroatoms. The second kappa shape index (κ2) is 7.49. The van der Waals surface area contributed by atoms with E-state index in [0.29, 0.717) is 5.75 Å². The van der Waals surface area contributed by atoms with Gasteiger partial charge in [0.2, 0.25) is 5.91 Å². The molecule has 2 N–H and O–H groups in total. The average molecular weight is 315 g/mol. The van der Waals surface area contributed by atoms with Gasteiger partial charge >= 0.3 is 5.97 Å². The highest BCUT2D eigenvalue weighted by atomic mass is 32.2. The Kier molecular flexibility index (Phi) is 5.93. The first-order chi connectivity index (χ1) is 10.0. The van der Waals surface area contributed by atoms with Crippen LogP contribution in [-0.4, -0.2) is 46.2 Å². The van der Waals surface area contributed by atoms with Gasteiger partial charge in [-0.1, -0.05) is 19.3 Å². The molecule has 2 fully saturated rings. The van der Waals surface area contributed by atoms with E-state index in [0.717, 1.165) is 18.6 Å². The number of carbonyl (C=O) groups excluding carboxylic acids is 1. The standard InChI is InChI=1S/C15H25NO4S/c1-11(17)16-13(14(18)19)10-21-9-12-5-8-15(20-12)6-3-2-4-7-15/h12-13H,2-10H2,1H3,(H,16,17)(H,18,19). The fourth-order valence-corrected chi connectivity index (χ4v) is 4.41. The van der Waals surface area contributed by atoms with Crippen molar-refractivity contribution < 1.29 is 19.4 Å². The molecule has 1 spiro atoms. The summed E-state index contributed by atoms with van der Waals surface area (Å²) < 4.78 is 6.26. The lowest BCUT2D eigenvalue weighted by atomic mass is 9.83. The molecule has 1 aliphatic heterocycles. The van der Waals surface area contributed by atoms with Gasteiger partial charge < -0.3 is 15.2 Å². The molecule has 2 rings (SSSR count). The fourth-order valence-electron chi connectivity index (χ4n) is 3.31. The Bertz CT molecular complexity index is 382. The van der Waals surface area contributed by atoms with Crippen LogP contribution in [0.1, 0.15) is 51.9 Å². The smallest absolute Gasteiger partial charge is 0.327 e. The van der Waals surface area contributed by atoms with Crippen molar-refractivity contribution in [3.05, 3.63) is 0 Å². The number of thioether (sulfide) groups is 1. The SMILES string of the molecule is CC(=O)NC(CSCC1CCC2(CCCCC2)O1)C(=O)O. The maximum atomic E-state index is 11.0. The van der Waals surface area contributed by atoms with Crippen LogP contribution >= 0.6 is 11.8 Å². The minimum atomic E-state index is -0.978. The Morgan fingerprint density at radius 1 is 1.33 bits per heavy atom. The number of carboxylic acids is 1. The average Bonchev–Trinajstić information content (AvgIpc) is 2.81. The number of amides is 1. The molecule has 0 bridgehead atoms. The molecule has 2 unspecified atom stereocenters. The van der Waals surface area contributed by atoms with Crippen molar-refractivity contribution in [2.45, 2.75) is 69.6 Å². The van der Waals surface area contributed by atoms with Crippen molar-refractivity contribution in [1.82, 2.24) is 5.32 Å². The van der Waals surface area contributed by atoms with Gasteiger partial charge in [0.15, 0.2) is 0 Å². The third-order valence-electron chi connectivity index (χ3n) is 4.37. The molecule has 5 nitrogen and oxygen atoms in total. The maximum Gasteiger partial charge on any atom is 0.327 e. The monoisotopic (exact) mass is 315 g/mol. The van der Waals surface area contributed by atoms with E-state index in [9.17, 15) is 9.59 Å². The quantitative estimate of drug-likeness (QED) is 0.786. The van der Waals surface area contributed by atoms with Gasteiger partial charge in [-0.2, -0.15) is 11.8 Å². The first kappa shape index (κ1) is 16.6. The van der Waals surface area contributed by atoms with Gasteiger partial charge in [0, 0.05) is 18.4 Å². The normalized spacial score (nSPS) is 25.7. The molecule has 2 atom stereocenters. The van der Waals surface area contributed by atoms with Crippen LogP contribution in [0.2, 0.25) is 0 Å². The lowest BCUT2D eigenvalue weighted by Gasteiger charge is -2.33. The van der Waals surface area contributed by atoms with Crippen LogP contribution in [0.25, 0.3) is 0 Å². The van der Waals surface area contributed by atoms with E-state index < -0.39 is 12.0 Å². The molecule has 0 aromatic heterocycles. The summed E-state index contributed by atoms with van der Waals surface area (Å²) in [4.78, 5) is 22.0. The second-order valence-electron chi connectivity index (χ2n) is 6.15. The molecular formula is C15H25NO4S. The minimum absolute atomic E-state index is 0.118. The Hall–Kier alpha value is -0.750. The second-order valence-corrected chi connectivity index (χ2v) is 7.23. The molecule has 1 saturated carbocycles. The van der Waals surface area contributed by atoms with Crippen molar-refractivity contribution in [2.75, 3.05) is 11.5 Å².